The molecule has 0 radical (unpaired) electrons. The summed E-state index contributed by atoms with van der Waals surface area (Å²) in [4.78, 5) is 20.7. The molecule has 11 heteroatoms. The van der Waals surface area contributed by atoms with Crippen molar-refractivity contribution in [3.8, 4) is 11.4 Å². The van der Waals surface area contributed by atoms with Crippen LogP contribution in [-0.2, 0) is 6.18 Å². The normalized spacial score (nSPS) is 11.3. The molecule has 0 atom stereocenters. The van der Waals surface area contributed by atoms with Crippen LogP contribution in [0.5, 0.6) is 5.75 Å². The Hall–Kier alpha value is -2.98. The molecule has 1 aromatic heterocycles. The Kier molecular flexibility index (Phi) is 3.80. The molecule has 0 saturated heterocycles. The largest absolute Gasteiger partial charge is 0.490 e. The first-order valence-corrected chi connectivity index (χ1v) is 5.60. The minimum Gasteiger partial charge on any atom is -0.490 e. The van der Waals surface area contributed by atoms with Gasteiger partial charge in [0.25, 0.3) is 0 Å². The molecule has 0 N–H and O–H groups in total. The van der Waals surface area contributed by atoms with E-state index < -0.39 is 28.2 Å². The first kappa shape index (κ1) is 15.4. The molecule has 0 aliphatic heterocycles. The molecule has 0 aliphatic rings. The zero-order valence-electron chi connectivity index (χ0n) is 10.9. The number of carbonyl (C=O) groups is 1. The van der Waals surface area contributed by atoms with Gasteiger partial charge in [-0.2, -0.15) is 13.2 Å². The first-order chi connectivity index (χ1) is 10.3. The van der Waals surface area contributed by atoms with Crippen LogP contribution >= 0.6 is 0 Å². The minimum absolute atomic E-state index is 0.0930. The molecule has 1 aromatic carbocycles. The van der Waals surface area contributed by atoms with Crippen molar-refractivity contribution in [2.24, 2.45) is 0 Å². The fraction of sp³-hybridized carbons (Fsp3) is 0.182. The zero-order chi connectivity index (χ0) is 16.5. The summed E-state index contributed by atoms with van der Waals surface area (Å²) in [6.45, 7) is 0. The van der Waals surface area contributed by atoms with Gasteiger partial charge in [-0.25, -0.2) is 4.68 Å². The number of aldehydes is 1. The molecule has 0 aliphatic carbocycles. The summed E-state index contributed by atoms with van der Waals surface area (Å²) in [6, 6.07) is 3.09. The third-order valence-electron chi connectivity index (χ3n) is 2.68. The lowest BCUT2D eigenvalue weighted by Crippen LogP contribution is -2.15. The molecule has 2 rings (SSSR count). The molecule has 0 spiro atoms. The first-order valence-electron chi connectivity index (χ1n) is 5.60. The predicted octanol–water partition coefficient (Wildman–Crippen LogP) is 2.02. The summed E-state index contributed by atoms with van der Waals surface area (Å²) < 4.78 is 44.1. The van der Waals surface area contributed by atoms with Crippen LogP contribution in [0.4, 0.5) is 18.9 Å². The summed E-state index contributed by atoms with van der Waals surface area (Å²) in [7, 11) is 1.18. The maximum absolute atomic E-state index is 13.0. The lowest BCUT2D eigenvalue weighted by atomic mass is 10.2. The van der Waals surface area contributed by atoms with Crippen molar-refractivity contribution in [3.63, 3.8) is 0 Å². The highest BCUT2D eigenvalue weighted by molar-refractivity contribution is 5.74. The third-order valence-corrected chi connectivity index (χ3v) is 2.68. The van der Waals surface area contributed by atoms with E-state index >= 15 is 0 Å². The van der Waals surface area contributed by atoms with Crippen molar-refractivity contribution >= 4 is 12.0 Å². The van der Waals surface area contributed by atoms with Crippen molar-refractivity contribution in [1.29, 1.82) is 0 Å². The predicted molar refractivity (Wildman–Crippen MR) is 65.0 cm³/mol. The van der Waals surface area contributed by atoms with Crippen LogP contribution in [0.15, 0.2) is 18.2 Å². The summed E-state index contributed by atoms with van der Waals surface area (Å²) in [5.41, 5.74) is -3.15. The number of nitro benzene ring substituents is 1. The van der Waals surface area contributed by atoms with Crippen LogP contribution in [0, 0.1) is 10.1 Å². The van der Waals surface area contributed by atoms with E-state index in [1.54, 1.807) is 0 Å². The van der Waals surface area contributed by atoms with E-state index in [1.165, 1.54) is 7.11 Å². The lowest BCUT2D eigenvalue weighted by molar-refractivity contribution is -0.385. The molecule has 22 heavy (non-hydrogen) atoms. The number of aromatic nitrogens is 3. The lowest BCUT2D eigenvalue weighted by Gasteiger charge is -2.10. The molecule has 8 nitrogen and oxygen atoms in total. The van der Waals surface area contributed by atoms with Crippen LogP contribution in [0.3, 0.4) is 0 Å². The monoisotopic (exact) mass is 316 g/mol. The van der Waals surface area contributed by atoms with E-state index in [9.17, 15) is 28.1 Å². The van der Waals surface area contributed by atoms with E-state index in [0.29, 0.717) is 4.68 Å². The number of carbonyl (C=O) groups excluding carboxylic acids is 1. The van der Waals surface area contributed by atoms with Gasteiger partial charge < -0.3 is 4.74 Å². The molecule has 0 amide bonds. The Morgan fingerprint density at radius 1 is 1.41 bits per heavy atom. The van der Waals surface area contributed by atoms with Gasteiger partial charge in [-0.15, -0.1) is 5.10 Å². The maximum atomic E-state index is 13.0. The number of ether oxygens (including phenoxy) is 1. The minimum atomic E-state index is -4.91. The number of methoxy groups -OCH3 is 1. The summed E-state index contributed by atoms with van der Waals surface area (Å²) >= 11 is 0. The molecule has 0 unspecified atom stereocenters. The number of alkyl halides is 3. The van der Waals surface area contributed by atoms with Gasteiger partial charge in [0.2, 0.25) is 0 Å². The maximum Gasteiger partial charge on any atom is 0.435 e. The smallest absolute Gasteiger partial charge is 0.435 e. The number of hydrogen-bond acceptors (Lipinski definition) is 6. The van der Waals surface area contributed by atoms with Crippen molar-refractivity contribution in [3.05, 3.63) is 39.7 Å². The van der Waals surface area contributed by atoms with Crippen LogP contribution in [0.25, 0.3) is 5.69 Å². The third kappa shape index (κ3) is 2.60. The summed E-state index contributed by atoms with van der Waals surface area (Å²) in [5.74, 6) is -0.127. The Morgan fingerprint density at radius 2 is 2.09 bits per heavy atom. The second-order valence-electron chi connectivity index (χ2n) is 3.96. The topological polar surface area (TPSA) is 100 Å². The average Bonchev–Trinajstić information content (AvgIpc) is 2.90. The van der Waals surface area contributed by atoms with Crippen molar-refractivity contribution < 1.29 is 27.6 Å². The van der Waals surface area contributed by atoms with Crippen LogP contribution in [0.2, 0.25) is 0 Å². The fourth-order valence-electron chi connectivity index (χ4n) is 1.77. The van der Waals surface area contributed by atoms with Gasteiger partial charge >= 0.3 is 11.9 Å². The average molecular weight is 316 g/mol. The van der Waals surface area contributed by atoms with Gasteiger partial charge in [-0.1, -0.05) is 5.21 Å². The van der Waals surface area contributed by atoms with E-state index in [2.05, 4.69) is 10.3 Å². The van der Waals surface area contributed by atoms with E-state index in [1.807, 2.05) is 0 Å². The molecule has 0 bridgehead atoms. The van der Waals surface area contributed by atoms with Gasteiger partial charge in [-0.05, 0) is 12.1 Å². The van der Waals surface area contributed by atoms with Crippen LogP contribution < -0.4 is 4.74 Å². The highest BCUT2D eigenvalue weighted by Crippen LogP contribution is 2.34. The standard InChI is InChI=1S/C11H7F3N4O4/c1-22-9-3-2-6(4-8(9)18(20)21)17-10(11(12,13)14)7(5-19)15-16-17/h2-5H,1H3. The van der Waals surface area contributed by atoms with Gasteiger partial charge in [-0.3, -0.25) is 14.9 Å². The molecule has 0 fully saturated rings. The number of benzene rings is 1. The Morgan fingerprint density at radius 3 is 2.59 bits per heavy atom. The van der Waals surface area contributed by atoms with Crippen molar-refractivity contribution in [1.82, 2.24) is 15.0 Å². The van der Waals surface area contributed by atoms with E-state index in [0.717, 1.165) is 18.2 Å². The van der Waals surface area contributed by atoms with Crippen molar-refractivity contribution in [2.45, 2.75) is 6.18 Å². The van der Waals surface area contributed by atoms with Crippen molar-refractivity contribution in [2.75, 3.05) is 7.11 Å². The van der Waals surface area contributed by atoms with E-state index in [4.69, 9.17) is 4.74 Å². The SMILES string of the molecule is COc1ccc(-n2nnc(C=O)c2C(F)(F)F)cc1[N+](=O)[O-]. The number of hydrogen-bond donors (Lipinski definition) is 0. The Balaban J connectivity index is 2.68. The fourth-order valence-corrected chi connectivity index (χ4v) is 1.77. The number of rotatable bonds is 4. The number of nitrogens with zero attached hydrogens (tertiary/aromatic N) is 4. The number of nitro groups is 1. The highest BCUT2D eigenvalue weighted by Gasteiger charge is 2.40. The molecule has 1 heterocycles. The summed E-state index contributed by atoms with van der Waals surface area (Å²) in [6.07, 6.45) is -5.00. The molecular weight excluding hydrogens is 309 g/mol. The van der Waals surface area contributed by atoms with Gasteiger partial charge in [0.1, 0.15) is 0 Å². The van der Waals surface area contributed by atoms with Gasteiger partial charge in [0.15, 0.2) is 23.4 Å². The van der Waals surface area contributed by atoms with E-state index in [-0.39, 0.29) is 17.7 Å². The molecule has 0 saturated carbocycles. The van der Waals surface area contributed by atoms with Gasteiger partial charge in [0.05, 0.1) is 17.7 Å². The molecule has 116 valence electrons. The zero-order valence-corrected chi connectivity index (χ0v) is 10.9. The quantitative estimate of drug-likeness (QED) is 0.486. The van der Waals surface area contributed by atoms with Crippen LogP contribution in [0.1, 0.15) is 16.2 Å². The number of halogens is 3. The highest BCUT2D eigenvalue weighted by atomic mass is 19.4. The molecular formula is C11H7F3N4O4. The summed E-state index contributed by atoms with van der Waals surface area (Å²) in [5, 5.41) is 17.3. The van der Waals surface area contributed by atoms with Gasteiger partial charge in [0, 0.05) is 6.07 Å². The van der Waals surface area contributed by atoms with Crippen LogP contribution in [-0.4, -0.2) is 33.3 Å². The second kappa shape index (κ2) is 5.42. The Labute approximate surface area is 120 Å². The Bertz CT molecular complexity index is 741. The molecule has 2 aromatic rings. The second-order valence-corrected chi connectivity index (χ2v) is 3.96.